The molecule has 1 heterocycles. The molecule has 8 heteroatoms. The number of benzene rings is 1. The molecule has 0 spiro atoms. The standard InChI is InChI=1S/C19H27N5O3/c1-6-14(2)23(12-18(26)27-19(3,4)5)17(25)11-15-7-9-16(10-8-15)24-13-20-21-22-24/h7-10,13-14H,6,11-12H2,1-5H3/t14-/m0/s1. The van der Waals surface area contributed by atoms with Crippen LogP contribution in [0.4, 0.5) is 0 Å². The average molecular weight is 373 g/mol. The van der Waals surface area contributed by atoms with E-state index < -0.39 is 11.6 Å². The van der Waals surface area contributed by atoms with Gasteiger partial charge in [0.05, 0.1) is 12.1 Å². The summed E-state index contributed by atoms with van der Waals surface area (Å²) in [6, 6.07) is 7.36. The summed E-state index contributed by atoms with van der Waals surface area (Å²) in [6.07, 6.45) is 2.47. The number of aromatic nitrogens is 4. The lowest BCUT2D eigenvalue weighted by Gasteiger charge is -2.29. The van der Waals surface area contributed by atoms with Gasteiger partial charge in [-0.2, -0.15) is 0 Å². The summed E-state index contributed by atoms with van der Waals surface area (Å²) in [5.41, 5.74) is 1.09. The maximum Gasteiger partial charge on any atom is 0.326 e. The fourth-order valence-electron chi connectivity index (χ4n) is 2.55. The van der Waals surface area contributed by atoms with Crippen LogP contribution in [0.2, 0.25) is 0 Å². The molecule has 0 unspecified atom stereocenters. The van der Waals surface area contributed by atoms with Crippen molar-refractivity contribution in [2.45, 2.75) is 59.1 Å². The molecule has 0 aliphatic rings. The molecule has 0 aliphatic heterocycles. The van der Waals surface area contributed by atoms with Gasteiger partial charge in [0.2, 0.25) is 5.91 Å². The normalized spacial score (nSPS) is 12.5. The van der Waals surface area contributed by atoms with Crippen LogP contribution >= 0.6 is 0 Å². The van der Waals surface area contributed by atoms with E-state index in [1.807, 2.05) is 58.9 Å². The van der Waals surface area contributed by atoms with Crippen molar-refractivity contribution in [1.82, 2.24) is 25.1 Å². The molecule has 2 rings (SSSR count). The number of nitrogens with zero attached hydrogens (tertiary/aromatic N) is 5. The number of rotatable bonds is 7. The van der Waals surface area contributed by atoms with Gasteiger partial charge in [-0.25, -0.2) is 4.68 Å². The van der Waals surface area contributed by atoms with E-state index in [2.05, 4.69) is 15.5 Å². The summed E-state index contributed by atoms with van der Waals surface area (Å²) < 4.78 is 6.91. The first-order valence-corrected chi connectivity index (χ1v) is 9.03. The number of hydrogen-bond donors (Lipinski definition) is 0. The van der Waals surface area contributed by atoms with Gasteiger partial charge in [0.25, 0.3) is 0 Å². The predicted octanol–water partition coefficient (Wildman–Crippen LogP) is 2.17. The maximum absolute atomic E-state index is 12.8. The van der Waals surface area contributed by atoms with E-state index in [9.17, 15) is 9.59 Å². The third-order valence-corrected chi connectivity index (χ3v) is 4.07. The van der Waals surface area contributed by atoms with Gasteiger partial charge in [0.1, 0.15) is 18.5 Å². The second kappa shape index (κ2) is 8.75. The highest BCUT2D eigenvalue weighted by Gasteiger charge is 2.25. The molecule has 1 aromatic heterocycles. The number of amides is 1. The van der Waals surface area contributed by atoms with Gasteiger partial charge in [0.15, 0.2) is 0 Å². The number of carbonyl (C=O) groups is 2. The van der Waals surface area contributed by atoms with Gasteiger partial charge >= 0.3 is 5.97 Å². The molecule has 0 N–H and O–H groups in total. The Balaban J connectivity index is 2.05. The molecule has 0 fully saturated rings. The molecule has 0 aliphatic carbocycles. The Hall–Kier alpha value is -2.77. The monoisotopic (exact) mass is 373 g/mol. The van der Waals surface area contributed by atoms with Gasteiger partial charge in [-0.15, -0.1) is 5.10 Å². The molecule has 0 saturated heterocycles. The Morgan fingerprint density at radius 3 is 2.41 bits per heavy atom. The van der Waals surface area contributed by atoms with Crippen LogP contribution in [0, 0.1) is 0 Å². The number of hydrogen-bond acceptors (Lipinski definition) is 6. The minimum absolute atomic E-state index is 0.0478. The van der Waals surface area contributed by atoms with Gasteiger partial charge in [-0.1, -0.05) is 19.1 Å². The number of carbonyl (C=O) groups excluding carboxylic acids is 2. The quantitative estimate of drug-likeness (QED) is 0.691. The van der Waals surface area contributed by atoms with Crippen molar-refractivity contribution < 1.29 is 14.3 Å². The zero-order valence-electron chi connectivity index (χ0n) is 16.5. The maximum atomic E-state index is 12.8. The van der Waals surface area contributed by atoms with Crippen molar-refractivity contribution in [3.8, 4) is 5.69 Å². The van der Waals surface area contributed by atoms with Gasteiger partial charge in [0, 0.05) is 6.04 Å². The molecule has 1 atom stereocenters. The average Bonchev–Trinajstić information content (AvgIpc) is 3.12. The van der Waals surface area contributed by atoms with E-state index in [1.165, 1.54) is 6.33 Å². The van der Waals surface area contributed by atoms with Crippen LogP contribution in [-0.2, 0) is 20.7 Å². The first-order valence-electron chi connectivity index (χ1n) is 9.03. The minimum atomic E-state index is -0.576. The van der Waals surface area contributed by atoms with E-state index in [0.717, 1.165) is 17.7 Å². The first-order chi connectivity index (χ1) is 12.7. The molecule has 2 aromatic rings. The molecule has 27 heavy (non-hydrogen) atoms. The lowest BCUT2D eigenvalue weighted by molar-refractivity contribution is -0.159. The zero-order chi connectivity index (χ0) is 20.0. The Morgan fingerprint density at radius 1 is 1.22 bits per heavy atom. The highest BCUT2D eigenvalue weighted by molar-refractivity contribution is 5.84. The Labute approximate surface area is 159 Å². The third-order valence-electron chi connectivity index (χ3n) is 4.07. The fraction of sp³-hybridized carbons (Fsp3) is 0.526. The molecule has 1 aromatic carbocycles. The molecular weight excluding hydrogens is 346 g/mol. The SMILES string of the molecule is CC[C@H](C)N(CC(=O)OC(C)(C)C)C(=O)Cc1ccc(-n2cnnn2)cc1. The van der Waals surface area contributed by atoms with Crippen LogP contribution in [0.1, 0.15) is 46.6 Å². The zero-order valence-corrected chi connectivity index (χ0v) is 16.5. The van der Waals surface area contributed by atoms with E-state index in [1.54, 1.807) is 9.58 Å². The predicted molar refractivity (Wildman–Crippen MR) is 100 cm³/mol. The van der Waals surface area contributed by atoms with Crippen LogP contribution in [0.5, 0.6) is 0 Å². The number of tetrazole rings is 1. The van der Waals surface area contributed by atoms with Gasteiger partial charge < -0.3 is 9.64 Å². The fourth-order valence-corrected chi connectivity index (χ4v) is 2.55. The number of esters is 1. The van der Waals surface area contributed by atoms with Crippen molar-refractivity contribution in [3.63, 3.8) is 0 Å². The highest BCUT2D eigenvalue weighted by Crippen LogP contribution is 2.13. The molecule has 1 amide bonds. The van der Waals surface area contributed by atoms with E-state index in [-0.39, 0.29) is 24.9 Å². The Bertz CT molecular complexity index is 751. The summed E-state index contributed by atoms with van der Waals surface area (Å²) in [5.74, 6) is -0.504. The van der Waals surface area contributed by atoms with Crippen LogP contribution in [0.25, 0.3) is 5.69 Å². The van der Waals surface area contributed by atoms with Crippen LogP contribution in [0.15, 0.2) is 30.6 Å². The van der Waals surface area contributed by atoms with E-state index in [0.29, 0.717) is 0 Å². The molecule has 8 nitrogen and oxygen atoms in total. The first kappa shape index (κ1) is 20.5. The van der Waals surface area contributed by atoms with Crippen LogP contribution < -0.4 is 0 Å². The van der Waals surface area contributed by atoms with E-state index in [4.69, 9.17) is 4.74 Å². The summed E-state index contributed by atoms with van der Waals surface area (Å²) >= 11 is 0. The Kier molecular flexibility index (Phi) is 6.65. The van der Waals surface area contributed by atoms with Crippen molar-refractivity contribution in [2.24, 2.45) is 0 Å². The lowest BCUT2D eigenvalue weighted by Crippen LogP contribution is -2.44. The molecule has 0 bridgehead atoms. The largest absolute Gasteiger partial charge is 0.459 e. The minimum Gasteiger partial charge on any atom is -0.459 e. The molecule has 0 radical (unpaired) electrons. The van der Waals surface area contributed by atoms with Crippen LogP contribution in [0.3, 0.4) is 0 Å². The van der Waals surface area contributed by atoms with Crippen molar-refractivity contribution in [3.05, 3.63) is 36.2 Å². The summed E-state index contributed by atoms with van der Waals surface area (Å²) in [4.78, 5) is 26.6. The van der Waals surface area contributed by atoms with Crippen LogP contribution in [-0.4, -0.2) is 55.2 Å². The van der Waals surface area contributed by atoms with Crippen molar-refractivity contribution in [2.75, 3.05) is 6.54 Å². The lowest BCUT2D eigenvalue weighted by atomic mass is 10.1. The molecular formula is C19H27N5O3. The summed E-state index contributed by atoms with van der Waals surface area (Å²) in [7, 11) is 0. The molecule has 146 valence electrons. The second-order valence-corrected chi connectivity index (χ2v) is 7.46. The van der Waals surface area contributed by atoms with Crippen molar-refractivity contribution in [1.29, 1.82) is 0 Å². The van der Waals surface area contributed by atoms with E-state index >= 15 is 0 Å². The Morgan fingerprint density at radius 2 is 1.89 bits per heavy atom. The smallest absolute Gasteiger partial charge is 0.326 e. The third kappa shape index (κ3) is 6.16. The summed E-state index contributed by atoms with van der Waals surface area (Å²) in [6.45, 7) is 9.31. The summed E-state index contributed by atoms with van der Waals surface area (Å²) in [5, 5.41) is 11.0. The van der Waals surface area contributed by atoms with Crippen molar-refractivity contribution >= 4 is 11.9 Å². The van der Waals surface area contributed by atoms with Gasteiger partial charge in [-0.3, -0.25) is 9.59 Å². The highest BCUT2D eigenvalue weighted by atomic mass is 16.6. The molecule has 0 saturated carbocycles. The number of ether oxygens (including phenoxy) is 1. The second-order valence-electron chi connectivity index (χ2n) is 7.46. The van der Waals surface area contributed by atoms with Gasteiger partial charge in [-0.05, 0) is 62.2 Å². The topological polar surface area (TPSA) is 90.2 Å².